The largest absolute Gasteiger partial charge is 0.175 e. The zero-order valence-electron chi connectivity index (χ0n) is 15.2. The van der Waals surface area contributed by atoms with Gasteiger partial charge in [0, 0.05) is 0 Å². The maximum Gasteiger partial charge on any atom is 0.175 e. The molecule has 126 valence electrons. The fourth-order valence-corrected chi connectivity index (χ4v) is 9.16. The van der Waals surface area contributed by atoms with E-state index in [2.05, 4.69) is 111 Å². The van der Waals surface area contributed by atoms with Gasteiger partial charge in [-0.15, -0.1) is 0 Å². The van der Waals surface area contributed by atoms with Crippen molar-refractivity contribution in [2.24, 2.45) is 0 Å². The molecule has 0 amide bonds. The van der Waals surface area contributed by atoms with Crippen LogP contribution in [0.15, 0.2) is 102 Å². The molecular weight excluding hydrogens is 316 g/mol. The predicted octanol–water partition coefficient (Wildman–Crippen LogP) is 4.44. The van der Waals surface area contributed by atoms with Crippen LogP contribution >= 0.6 is 0 Å². The summed E-state index contributed by atoms with van der Waals surface area (Å²) >= 11 is 0. The van der Waals surface area contributed by atoms with E-state index in [1.54, 1.807) is 5.20 Å². The van der Waals surface area contributed by atoms with E-state index in [4.69, 9.17) is 0 Å². The minimum absolute atomic E-state index is 1.07. The number of hydrogen-bond donors (Lipinski definition) is 0. The van der Waals surface area contributed by atoms with Crippen molar-refractivity contribution < 1.29 is 0 Å². The van der Waals surface area contributed by atoms with Gasteiger partial charge in [-0.3, -0.25) is 0 Å². The maximum absolute atomic E-state index is 2.47. The predicted molar refractivity (Wildman–Crippen MR) is 113 cm³/mol. The van der Waals surface area contributed by atoms with Crippen molar-refractivity contribution in [1.82, 2.24) is 0 Å². The Labute approximate surface area is 152 Å². The molecule has 0 fully saturated rings. The minimum Gasteiger partial charge on any atom is -0.0885 e. The summed E-state index contributed by atoms with van der Waals surface area (Å²) in [4.78, 5) is 0. The molecule has 25 heavy (non-hydrogen) atoms. The van der Waals surface area contributed by atoms with Crippen LogP contribution in [0, 0.1) is 0 Å². The average molecular weight is 343 g/mol. The van der Waals surface area contributed by atoms with E-state index >= 15 is 0 Å². The summed E-state index contributed by atoms with van der Waals surface area (Å²) in [5, 5.41) is 6.00. The minimum atomic E-state index is -2.21. The molecule has 0 aliphatic carbocycles. The van der Waals surface area contributed by atoms with E-state index < -0.39 is 8.07 Å². The smallest absolute Gasteiger partial charge is 0.0885 e. The van der Waals surface area contributed by atoms with Crippen molar-refractivity contribution in [1.29, 1.82) is 0 Å². The molecule has 0 spiro atoms. The number of benzene rings is 3. The Hall–Kier alpha value is -2.38. The summed E-state index contributed by atoms with van der Waals surface area (Å²) in [6.45, 7) is 4.55. The summed E-state index contributed by atoms with van der Waals surface area (Å²) in [5.41, 5.74) is 0. The van der Waals surface area contributed by atoms with Crippen LogP contribution in [0.4, 0.5) is 0 Å². The normalized spacial score (nSPS) is 12.2. The zero-order chi connectivity index (χ0) is 17.5. The number of hydrogen-bond acceptors (Lipinski definition) is 0. The Kier molecular flexibility index (Phi) is 5.67. The highest BCUT2D eigenvalue weighted by Crippen LogP contribution is 2.20. The van der Waals surface area contributed by atoms with Crippen LogP contribution in [0.3, 0.4) is 0 Å². The third-order valence-corrected chi connectivity index (χ3v) is 10.1. The molecular formula is C24H26Si. The van der Waals surface area contributed by atoms with E-state index in [0.717, 1.165) is 12.8 Å². The van der Waals surface area contributed by atoms with E-state index in [0.29, 0.717) is 0 Å². The lowest BCUT2D eigenvalue weighted by Gasteiger charge is -2.36. The molecule has 0 bridgehead atoms. The first-order valence-electron chi connectivity index (χ1n) is 9.20. The second kappa shape index (κ2) is 8.13. The number of allylic oxidation sites excluding steroid dienone is 2. The van der Waals surface area contributed by atoms with Gasteiger partial charge < -0.3 is 0 Å². The van der Waals surface area contributed by atoms with Gasteiger partial charge in [-0.2, -0.15) is 0 Å². The monoisotopic (exact) mass is 342 g/mol. The van der Waals surface area contributed by atoms with E-state index in [-0.39, 0.29) is 0 Å². The highest BCUT2D eigenvalue weighted by atomic mass is 28.3. The molecule has 3 aromatic carbocycles. The summed E-state index contributed by atoms with van der Waals surface area (Å²) in [5.74, 6) is 0. The highest BCUT2D eigenvalue weighted by molar-refractivity contribution is 7.16. The quantitative estimate of drug-likeness (QED) is 0.459. The molecule has 0 N–H and O–H groups in total. The van der Waals surface area contributed by atoms with Crippen LogP contribution in [-0.4, -0.2) is 8.07 Å². The maximum atomic E-state index is 2.47. The fraction of sp³-hybridized carbons (Fsp3) is 0.167. The lowest BCUT2D eigenvalue weighted by atomic mass is 10.3. The van der Waals surface area contributed by atoms with Crippen LogP contribution in [0.1, 0.15) is 26.7 Å². The second-order valence-electron chi connectivity index (χ2n) is 6.34. The third kappa shape index (κ3) is 3.25. The van der Waals surface area contributed by atoms with Crippen molar-refractivity contribution in [2.45, 2.75) is 26.7 Å². The summed E-state index contributed by atoms with van der Waals surface area (Å²) < 4.78 is 0. The van der Waals surface area contributed by atoms with Crippen LogP contribution < -0.4 is 15.6 Å². The SMILES string of the molecule is CC/C=C(/CC)[Si](c1ccccc1)(c1ccccc1)c1ccccc1. The molecule has 3 rings (SSSR count). The third-order valence-electron chi connectivity index (χ3n) is 4.93. The van der Waals surface area contributed by atoms with Gasteiger partial charge in [-0.1, -0.05) is 116 Å². The number of rotatable bonds is 6. The molecule has 1 heteroatoms. The fourth-order valence-electron chi connectivity index (χ4n) is 3.93. The van der Waals surface area contributed by atoms with Gasteiger partial charge in [0.2, 0.25) is 0 Å². The first kappa shape index (κ1) is 17.4. The first-order valence-corrected chi connectivity index (χ1v) is 11.2. The van der Waals surface area contributed by atoms with Gasteiger partial charge in [-0.05, 0) is 28.4 Å². The Morgan fingerprint density at radius 1 is 0.640 bits per heavy atom. The van der Waals surface area contributed by atoms with Crippen molar-refractivity contribution in [3.05, 3.63) is 102 Å². The Balaban J connectivity index is 2.42. The Morgan fingerprint density at radius 2 is 1.00 bits per heavy atom. The lowest BCUT2D eigenvalue weighted by Crippen LogP contribution is -2.68. The van der Waals surface area contributed by atoms with E-state index in [1.807, 2.05) is 0 Å². The molecule has 3 aromatic rings. The van der Waals surface area contributed by atoms with Crippen LogP contribution in [0.5, 0.6) is 0 Å². The second-order valence-corrected chi connectivity index (χ2v) is 10.2. The van der Waals surface area contributed by atoms with Gasteiger partial charge in [0.1, 0.15) is 0 Å². The average Bonchev–Trinajstić information content (AvgIpc) is 2.70. The van der Waals surface area contributed by atoms with Crippen molar-refractivity contribution in [3.8, 4) is 0 Å². The lowest BCUT2D eigenvalue weighted by molar-refractivity contribution is 1.12. The molecule has 0 aliphatic heterocycles. The van der Waals surface area contributed by atoms with Gasteiger partial charge >= 0.3 is 0 Å². The van der Waals surface area contributed by atoms with Crippen LogP contribution in [0.25, 0.3) is 0 Å². The molecule has 0 saturated carbocycles. The highest BCUT2D eigenvalue weighted by Gasteiger charge is 2.41. The van der Waals surface area contributed by atoms with Crippen LogP contribution in [0.2, 0.25) is 0 Å². The van der Waals surface area contributed by atoms with Gasteiger partial charge in [0.25, 0.3) is 0 Å². The first-order chi connectivity index (χ1) is 12.3. The van der Waals surface area contributed by atoms with Crippen molar-refractivity contribution in [3.63, 3.8) is 0 Å². The standard InChI is InChI=1S/C24H26Si/c1-3-14-21(4-2)25(22-15-8-5-9-16-22,23-17-10-6-11-18-23)24-19-12-7-13-20-24/h5-20H,3-4H2,1-2H3/b21-14-. The Bertz CT molecular complexity index is 708. The summed E-state index contributed by atoms with van der Waals surface area (Å²) in [7, 11) is -2.21. The zero-order valence-corrected chi connectivity index (χ0v) is 16.2. The molecule has 0 radical (unpaired) electrons. The molecule has 0 aliphatic rings. The van der Waals surface area contributed by atoms with Crippen molar-refractivity contribution >= 4 is 23.6 Å². The molecule has 0 aromatic heterocycles. The summed E-state index contributed by atoms with van der Waals surface area (Å²) in [6, 6.07) is 33.4. The van der Waals surface area contributed by atoms with Crippen molar-refractivity contribution in [2.75, 3.05) is 0 Å². The van der Waals surface area contributed by atoms with Gasteiger partial charge in [-0.25, -0.2) is 0 Å². The topological polar surface area (TPSA) is 0 Å². The molecule has 0 nitrogen and oxygen atoms in total. The van der Waals surface area contributed by atoms with E-state index in [1.165, 1.54) is 15.6 Å². The van der Waals surface area contributed by atoms with Crippen LogP contribution in [-0.2, 0) is 0 Å². The molecule has 0 unspecified atom stereocenters. The molecule has 0 heterocycles. The molecule has 0 saturated heterocycles. The van der Waals surface area contributed by atoms with E-state index in [9.17, 15) is 0 Å². The Morgan fingerprint density at radius 3 is 1.28 bits per heavy atom. The van der Waals surface area contributed by atoms with Gasteiger partial charge in [0.05, 0.1) is 0 Å². The molecule has 0 atom stereocenters. The van der Waals surface area contributed by atoms with Gasteiger partial charge in [0.15, 0.2) is 8.07 Å². The summed E-state index contributed by atoms with van der Waals surface area (Å²) in [6.07, 6.45) is 4.63.